The highest BCUT2D eigenvalue weighted by Crippen LogP contribution is 2.33. The molecule has 0 aromatic carbocycles. The van der Waals surface area contributed by atoms with Crippen molar-refractivity contribution in [3.63, 3.8) is 0 Å². The van der Waals surface area contributed by atoms with Gasteiger partial charge in [0.05, 0.1) is 0 Å². The number of nitrogens with two attached hydrogens (primary N) is 1. The van der Waals surface area contributed by atoms with Crippen LogP contribution in [-0.2, 0) is 0 Å². The lowest BCUT2D eigenvalue weighted by molar-refractivity contribution is 0.0246. The maximum absolute atomic E-state index is 5.57. The maximum Gasteiger partial charge on any atom is 0.0184 e. The number of likely N-dealkylation sites (tertiary alicyclic amines) is 1. The highest BCUT2D eigenvalue weighted by molar-refractivity contribution is 4.91. The van der Waals surface area contributed by atoms with Crippen LogP contribution in [0.15, 0.2) is 0 Å². The number of unbranched alkanes of at least 4 members (excludes halogenated alkanes) is 1. The van der Waals surface area contributed by atoms with Crippen LogP contribution < -0.4 is 5.73 Å². The largest absolute Gasteiger partial charge is 0.330 e. The van der Waals surface area contributed by atoms with Crippen LogP contribution in [0.1, 0.15) is 60.7 Å². The van der Waals surface area contributed by atoms with Crippen LogP contribution in [0.25, 0.3) is 0 Å². The summed E-state index contributed by atoms with van der Waals surface area (Å²) in [5.41, 5.74) is 6.01. The molecule has 1 atom stereocenters. The lowest BCUT2D eigenvalue weighted by Gasteiger charge is -2.47. The Morgan fingerprint density at radius 3 is 2.67 bits per heavy atom. The molecule has 1 saturated heterocycles. The zero-order valence-corrected chi connectivity index (χ0v) is 10.8. The Hall–Kier alpha value is -0.0800. The first-order valence-electron chi connectivity index (χ1n) is 6.57. The summed E-state index contributed by atoms with van der Waals surface area (Å²) in [6, 6.07) is 0.688. The third-order valence-electron chi connectivity index (χ3n) is 3.85. The zero-order chi connectivity index (χ0) is 11.3. The van der Waals surface area contributed by atoms with E-state index in [-0.39, 0.29) is 1.43 Å². The van der Waals surface area contributed by atoms with Crippen molar-refractivity contribution in [3.8, 4) is 0 Å². The smallest absolute Gasteiger partial charge is 0.0184 e. The summed E-state index contributed by atoms with van der Waals surface area (Å²) in [6.07, 6.45) is 7.95. The highest BCUT2D eigenvalue weighted by Gasteiger charge is 2.34. The molecular weight excluding hydrogens is 184 g/mol. The van der Waals surface area contributed by atoms with Gasteiger partial charge in [0.2, 0.25) is 0 Å². The van der Waals surface area contributed by atoms with Crippen molar-refractivity contribution in [1.82, 2.24) is 4.90 Å². The minimum absolute atomic E-state index is 0. The maximum atomic E-state index is 5.57. The fraction of sp³-hybridized carbons (Fsp3) is 1.00. The second kappa shape index (κ2) is 5.86. The van der Waals surface area contributed by atoms with Crippen molar-refractivity contribution < 1.29 is 1.43 Å². The van der Waals surface area contributed by atoms with Gasteiger partial charge >= 0.3 is 0 Å². The van der Waals surface area contributed by atoms with E-state index in [1.807, 2.05) is 0 Å². The van der Waals surface area contributed by atoms with Crippen molar-refractivity contribution in [2.24, 2.45) is 5.73 Å². The molecule has 15 heavy (non-hydrogen) atoms. The van der Waals surface area contributed by atoms with Crippen LogP contribution in [0, 0.1) is 0 Å². The molecule has 0 radical (unpaired) electrons. The van der Waals surface area contributed by atoms with Gasteiger partial charge in [0, 0.05) is 13.0 Å². The fourth-order valence-electron chi connectivity index (χ4n) is 3.00. The van der Waals surface area contributed by atoms with Crippen LogP contribution in [0.5, 0.6) is 0 Å². The third-order valence-corrected chi connectivity index (χ3v) is 3.85. The lowest BCUT2D eigenvalue weighted by Crippen LogP contribution is -2.52. The van der Waals surface area contributed by atoms with E-state index in [2.05, 4.69) is 25.7 Å². The average molecular weight is 214 g/mol. The molecule has 2 nitrogen and oxygen atoms in total. The molecule has 0 spiro atoms. The van der Waals surface area contributed by atoms with Gasteiger partial charge in [-0.15, -0.1) is 0 Å². The minimum Gasteiger partial charge on any atom is -0.330 e. The van der Waals surface area contributed by atoms with Gasteiger partial charge in [0.25, 0.3) is 0 Å². The van der Waals surface area contributed by atoms with Gasteiger partial charge in [0.1, 0.15) is 0 Å². The molecule has 0 bridgehead atoms. The Balaban J connectivity index is 0.00000225. The van der Waals surface area contributed by atoms with E-state index in [0.29, 0.717) is 11.6 Å². The molecule has 0 aliphatic carbocycles. The van der Waals surface area contributed by atoms with Crippen molar-refractivity contribution in [1.29, 1.82) is 0 Å². The predicted molar refractivity (Wildman–Crippen MR) is 69.1 cm³/mol. The first-order chi connectivity index (χ1) is 7.10. The highest BCUT2D eigenvalue weighted by atomic mass is 15.2. The van der Waals surface area contributed by atoms with E-state index < -0.39 is 0 Å². The summed E-state index contributed by atoms with van der Waals surface area (Å²) in [5.74, 6) is 0. The quantitative estimate of drug-likeness (QED) is 0.713. The molecule has 1 aliphatic heterocycles. The van der Waals surface area contributed by atoms with E-state index in [1.54, 1.807) is 0 Å². The van der Waals surface area contributed by atoms with E-state index in [4.69, 9.17) is 5.73 Å². The predicted octanol–water partition coefficient (Wildman–Crippen LogP) is 3.01. The molecule has 1 unspecified atom stereocenters. The zero-order valence-electron chi connectivity index (χ0n) is 10.8. The molecular formula is C13H30N2. The SMILES string of the molecule is CC(C)N1CCCCC1(C)CCCCN.[HH]. The summed E-state index contributed by atoms with van der Waals surface area (Å²) in [4.78, 5) is 2.70. The number of hydrogen-bond acceptors (Lipinski definition) is 2. The number of rotatable bonds is 5. The van der Waals surface area contributed by atoms with Crippen LogP contribution in [0.3, 0.4) is 0 Å². The van der Waals surface area contributed by atoms with Crippen LogP contribution >= 0.6 is 0 Å². The first-order valence-corrected chi connectivity index (χ1v) is 6.57. The van der Waals surface area contributed by atoms with Gasteiger partial charge in [-0.3, -0.25) is 4.90 Å². The Morgan fingerprint density at radius 2 is 2.07 bits per heavy atom. The third kappa shape index (κ3) is 3.46. The first kappa shape index (κ1) is 13.0. The van der Waals surface area contributed by atoms with Crippen LogP contribution in [0.4, 0.5) is 0 Å². The Bertz CT molecular complexity index is 185. The van der Waals surface area contributed by atoms with Gasteiger partial charge in [0.15, 0.2) is 0 Å². The summed E-state index contributed by atoms with van der Waals surface area (Å²) < 4.78 is 0. The second-order valence-electron chi connectivity index (χ2n) is 5.49. The van der Waals surface area contributed by atoms with Gasteiger partial charge in [-0.05, 0) is 59.5 Å². The molecule has 1 aliphatic rings. The monoisotopic (exact) mass is 214 g/mol. The number of piperidine rings is 1. The number of hydrogen-bond donors (Lipinski definition) is 1. The molecule has 92 valence electrons. The molecule has 0 aromatic heterocycles. The van der Waals surface area contributed by atoms with Crippen LogP contribution in [-0.4, -0.2) is 29.6 Å². The average Bonchev–Trinajstić information content (AvgIpc) is 2.18. The minimum atomic E-state index is 0. The molecule has 1 rings (SSSR count). The van der Waals surface area contributed by atoms with Crippen molar-refractivity contribution >= 4 is 0 Å². The van der Waals surface area contributed by atoms with E-state index in [9.17, 15) is 0 Å². The van der Waals surface area contributed by atoms with Gasteiger partial charge in [-0.2, -0.15) is 0 Å². The normalized spacial score (nSPS) is 28.6. The molecule has 0 amide bonds. The van der Waals surface area contributed by atoms with Crippen molar-refractivity contribution in [2.45, 2.75) is 70.9 Å². The van der Waals surface area contributed by atoms with Crippen molar-refractivity contribution in [2.75, 3.05) is 13.1 Å². The summed E-state index contributed by atoms with van der Waals surface area (Å²) in [6.45, 7) is 9.23. The Morgan fingerprint density at radius 1 is 1.33 bits per heavy atom. The van der Waals surface area contributed by atoms with Gasteiger partial charge in [-0.25, -0.2) is 0 Å². The molecule has 1 fully saturated rings. The van der Waals surface area contributed by atoms with Gasteiger partial charge in [-0.1, -0.05) is 12.8 Å². The van der Waals surface area contributed by atoms with E-state index in [0.717, 1.165) is 6.54 Å². The standard InChI is InChI=1S/C13H28N2.H2/c1-12(2)15-11-7-5-9-13(15,3)8-4-6-10-14;/h12H,4-11,14H2,1-3H3;1H. The second-order valence-corrected chi connectivity index (χ2v) is 5.49. The molecule has 0 aromatic rings. The molecule has 2 N–H and O–H groups in total. The van der Waals surface area contributed by atoms with E-state index >= 15 is 0 Å². The molecule has 1 heterocycles. The molecule has 2 heteroatoms. The molecule has 0 saturated carbocycles. The Labute approximate surface area is 96.7 Å². The Kier molecular flexibility index (Phi) is 5.07. The van der Waals surface area contributed by atoms with Gasteiger partial charge < -0.3 is 5.73 Å². The number of nitrogens with zero attached hydrogens (tertiary/aromatic N) is 1. The summed E-state index contributed by atoms with van der Waals surface area (Å²) >= 11 is 0. The van der Waals surface area contributed by atoms with Crippen LogP contribution in [0.2, 0.25) is 0 Å². The summed E-state index contributed by atoms with van der Waals surface area (Å²) in [7, 11) is 0. The van der Waals surface area contributed by atoms with E-state index in [1.165, 1.54) is 45.1 Å². The summed E-state index contributed by atoms with van der Waals surface area (Å²) in [5, 5.41) is 0. The van der Waals surface area contributed by atoms with Crippen molar-refractivity contribution in [3.05, 3.63) is 0 Å². The lowest BCUT2D eigenvalue weighted by atomic mass is 9.83. The topological polar surface area (TPSA) is 29.3 Å². The fourth-order valence-corrected chi connectivity index (χ4v) is 3.00.